The van der Waals surface area contributed by atoms with Crippen LogP contribution in [0.3, 0.4) is 0 Å². The fourth-order valence-electron chi connectivity index (χ4n) is 1.91. The molecule has 6 heteroatoms. The molecule has 112 valence electrons. The average molecular weight is 308 g/mol. The van der Waals surface area contributed by atoms with Gasteiger partial charge in [0, 0.05) is 19.7 Å². The third-order valence-electron chi connectivity index (χ3n) is 2.95. The molecule has 0 aliphatic heterocycles. The number of nitrogens with zero attached hydrogens (tertiary/aromatic N) is 3. The minimum absolute atomic E-state index is 0.337. The molecule has 2 aromatic rings. The molecule has 0 N–H and O–H groups in total. The molecular weight excluding hydrogens is 290 g/mol. The van der Waals surface area contributed by atoms with Gasteiger partial charge in [0.2, 0.25) is 0 Å². The molecule has 0 bridgehead atoms. The summed E-state index contributed by atoms with van der Waals surface area (Å²) in [6.07, 6.45) is 0. The second-order valence-electron chi connectivity index (χ2n) is 4.33. The third kappa shape index (κ3) is 3.83. The molecule has 1 aromatic carbocycles. The summed E-state index contributed by atoms with van der Waals surface area (Å²) >= 11 is 6.07. The quantitative estimate of drug-likeness (QED) is 0.765. The zero-order valence-electron chi connectivity index (χ0n) is 12.3. The first-order valence-corrected chi connectivity index (χ1v) is 7.01. The standard InChI is InChI=1S/C15H18ClN3O2/c1-4-21-10-14-17-13(16)9-15(18-14)19(2)11-7-5-6-8-12(11)20-3/h5-9H,4,10H2,1-3H3. The molecule has 0 spiro atoms. The highest BCUT2D eigenvalue weighted by Gasteiger charge is 2.13. The van der Waals surface area contributed by atoms with E-state index in [2.05, 4.69) is 9.97 Å². The molecule has 0 radical (unpaired) electrons. The largest absolute Gasteiger partial charge is 0.495 e. The van der Waals surface area contributed by atoms with E-state index in [1.165, 1.54) is 0 Å². The van der Waals surface area contributed by atoms with Crippen molar-refractivity contribution < 1.29 is 9.47 Å². The highest BCUT2D eigenvalue weighted by atomic mass is 35.5. The van der Waals surface area contributed by atoms with Gasteiger partial charge in [-0.1, -0.05) is 23.7 Å². The number of anilines is 2. The number of benzene rings is 1. The van der Waals surface area contributed by atoms with Gasteiger partial charge in [-0.15, -0.1) is 0 Å². The predicted octanol–water partition coefficient (Wildman–Crippen LogP) is 3.44. The molecular formula is C15H18ClN3O2. The van der Waals surface area contributed by atoms with E-state index in [9.17, 15) is 0 Å². The number of halogens is 1. The van der Waals surface area contributed by atoms with Crippen molar-refractivity contribution in [3.05, 3.63) is 41.3 Å². The molecule has 0 aliphatic carbocycles. The van der Waals surface area contributed by atoms with Gasteiger partial charge in [0.15, 0.2) is 5.82 Å². The Morgan fingerprint density at radius 1 is 1.24 bits per heavy atom. The lowest BCUT2D eigenvalue weighted by molar-refractivity contribution is 0.128. The van der Waals surface area contributed by atoms with Crippen LogP contribution in [0.4, 0.5) is 11.5 Å². The number of ether oxygens (including phenoxy) is 2. The summed E-state index contributed by atoms with van der Waals surface area (Å²) < 4.78 is 10.7. The summed E-state index contributed by atoms with van der Waals surface area (Å²) in [6, 6.07) is 9.43. The summed E-state index contributed by atoms with van der Waals surface area (Å²) in [7, 11) is 3.54. The van der Waals surface area contributed by atoms with Crippen molar-refractivity contribution in [2.45, 2.75) is 13.5 Å². The van der Waals surface area contributed by atoms with Crippen molar-refractivity contribution in [1.82, 2.24) is 9.97 Å². The molecule has 0 saturated heterocycles. The highest BCUT2D eigenvalue weighted by molar-refractivity contribution is 6.29. The lowest BCUT2D eigenvalue weighted by atomic mass is 10.2. The molecule has 0 atom stereocenters. The zero-order valence-corrected chi connectivity index (χ0v) is 13.1. The van der Waals surface area contributed by atoms with Gasteiger partial charge in [-0.3, -0.25) is 0 Å². The summed E-state index contributed by atoms with van der Waals surface area (Å²) in [4.78, 5) is 10.5. The molecule has 2 rings (SSSR count). The van der Waals surface area contributed by atoms with Crippen molar-refractivity contribution in [1.29, 1.82) is 0 Å². The smallest absolute Gasteiger partial charge is 0.158 e. The molecule has 0 amide bonds. The van der Waals surface area contributed by atoms with E-state index in [4.69, 9.17) is 21.1 Å². The van der Waals surface area contributed by atoms with E-state index in [-0.39, 0.29) is 0 Å². The van der Waals surface area contributed by atoms with Crippen LogP contribution in [0.5, 0.6) is 5.75 Å². The second kappa shape index (κ2) is 7.24. The van der Waals surface area contributed by atoms with Gasteiger partial charge in [0.05, 0.1) is 12.8 Å². The number of para-hydroxylation sites is 2. The lowest BCUT2D eigenvalue weighted by Gasteiger charge is -2.21. The maximum atomic E-state index is 6.07. The van der Waals surface area contributed by atoms with Gasteiger partial charge in [0.1, 0.15) is 23.3 Å². The number of methoxy groups -OCH3 is 1. The van der Waals surface area contributed by atoms with Crippen molar-refractivity contribution in [3.8, 4) is 5.75 Å². The van der Waals surface area contributed by atoms with E-state index in [1.807, 2.05) is 43.1 Å². The van der Waals surface area contributed by atoms with E-state index in [1.54, 1.807) is 13.2 Å². The maximum absolute atomic E-state index is 6.07. The van der Waals surface area contributed by atoms with Crippen molar-refractivity contribution in [3.63, 3.8) is 0 Å². The zero-order chi connectivity index (χ0) is 15.2. The first kappa shape index (κ1) is 15.5. The molecule has 0 aliphatic rings. The predicted molar refractivity (Wildman–Crippen MR) is 83.4 cm³/mol. The van der Waals surface area contributed by atoms with E-state index in [0.717, 1.165) is 11.4 Å². The van der Waals surface area contributed by atoms with Crippen LogP contribution < -0.4 is 9.64 Å². The molecule has 0 fully saturated rings. The summed E-state index contributed by atoms with van der Waals surface area (Å²) in [6.45, 7) is 2.86. The SMILES string of the molecule is CCOCc1nc(Cl)cc(N(C)c2ccccc2OC)n1. The monoisotopic (exact) mass is 307 g/mol. The van der Waals surface area contributed by atoms with Crippen molar-refractivity contribution >= 4 is 23.1 Å². The van der Waals surface area contributed by atoms with Gasteiger partial charge >= 0.3 is 0 Å². The Morgan fingerprint density at radius 2 is 2.00 bits per heavy atom. The van der Waals surface area contributed by atoms with Crippen LogP contribution in [0.2, 0.25) is 5.15 Å². The van der Waals surface area contributed by atoms with Crippen LogP contribution in [-0.4, -0.2) is 30.7 Å². The highest BCUT2D eigenvalue weighted by Crippen LogP contribution is 2.31. The van der Waals surface area contributed by atoms with Gasteiger partial charge in [-0.2, -0.15) is 0 Å². The normalized spacial score (nSPS) is 10.5. The molecule has 1 heterocycles. The number of aromatic nitrogens is 2. The lowest BCUT2D eigenvalue weighted by Crippen LogP contribution is -2.14. The van der Waals surface area contributed by atoms with Gasteiger partial charge < -0.3 is 14.4 Å². The minimum Gasteiger partial charge on any atom is -0.495 e. The maximum Gasteiger partial charge on any atom is 0.158 e. The Balaban J connectivity index is 2.34. The van der Waals surface area contributed by atoms with Crippen LogP contribution in [-0.2, 0) is 11.3 Å². The van der Waals surface area contributed by atoms with Gasteiger partial charge in [-0.25, -0.2) is 9.97 Å². The summed E-state index contributed by atoms with van der Waals surface area (Å²) in [5.41, 5.74) is 0.900. The minimum atomic E-state index is 0.337. The van der Waals surface area contributed by atoms with E-state index < -0.39 is 0 Å². The van der Waals surface area contributed by atoms with Gasteiger partial charge in [-0.05, 0) is 19.1 Å². The van der Waals surface area contributed by atoms with Crippen LogP contribution in [0, 0.1) is 0 Å². The summed E-state index contributed by atoms with van der Waals surface area (Å²) in [5, 5.41) is 0.386. The van der Waals surface area contributed by atoms with Crippen LogP contribution in [0.1, 0.15) is 12.7 Å². The number of rotatable bonds is 6. The van der Waals surface area contributed by atoms with Crippen LogP contribution >= 0.6 is 11.6 Å². The Bertz CT molecular complexity index is 607. The average Bonchev–Trinajstić information content (AvgIpc) is 2.51. The molecule has 5 nitrogen and oxygen atoms in total. The van der Waals surface area contributed by atoms with Gasteiger partial charge in [0.25, 0.3) is 0 Å². The number of hydrogen-bond acceptors (Lipinski definition) is 5. The van der Waals surface area contributed by atoms with Crippen molar-refractivity contribution in [2.75, 3.05) is 25.7 Å². The Morgan fingerprint density at radius 3 is 2.71 bits per heavy atom. The van der Waals surface area contributed by atoms with E-state index >= 15 is 0 Å². The molecule has 21 heavy (non-hydrogen) atoms. The van der Waals surface area contributed by atoms with Crippen LogP contribution in [0.25, 0.3) is 0 Å². The first-order chi connectivity index (χ1) is 10.2. The Hall–Kier alpha value is -1.85. The van der Waals surface area contributed by atoms with Crippen LogP contribution in [0.15, 0.2) is 30.3 Å². The van der Waals surface area contributed by atoms with E-state index in [0.29, 0.717) is 30.0 Å². The molecule has 0 unspecified atom stereocenters. The van der Waals surface area contributed by atoms with Crippen molar-refractivity contribution in [2.24, 2.45) is 0 Å². The molecule has 0 saturated carbocycles. The Kier molecular flexibility index (Phi) is 5.36. The number of hydrogen-bond donors (Lipinski definition) is 0. The topological polar surface area (TPSA) is 47.5 Å². The fourth-order valence-corrected chi connectivity index (χ4v) is 2.11. The third-order valence-corrected chi connectivity index (χ3v) is 3.15. The molecule has 1 aromatic heterocycles. The summed E-state index contributed by atoms with van der Waals surface area (Å²) in [5.74, 6) is 2.01. The second-order valence-corrected chi connectivity index (χ2v) is 4.72. The Labute approximate surface area is 129 Å². The first-order valence-electron chi connectivity index (χ1n) is 6.63. The fraction of sp³-hybridized carbons (Fsp3) is 0.333.